The van der Waals surface area contributed by atoms with Gasteiger partial charge in [-0.15, -0.1) is 0 Å². The van der Waals surface area contributed by atoms with Crippen LogP contribution in [0.5, 0.6) is 0 Å². The number of carbonyl (C=O) groups is 9. The molecule has 1 heterocycles. The molecule has 420 valence electrons. The number of carboxylic acids is 2. The smallest absolute Gasteiger partial charge is 0.326 e. The van der Waals surface area contributed by atoms with E-state index in [4.69, 9.17) is 5.73 Å². The van der Waals surface area contributed by atoms with Gasteiger partial charge in [0, 0.05) is 42.8 Å². The maximum absolute atomic E-state index is 13.5. The number of amides is 7. The van der Waals surface area contributed by atoms with Crippen molar-refractivity contribution in [2.75, 3.05) is 0 Å². The van der Waals surface area contributed by atoms with Crippen LogP contribution in [0.2, 0.25) is 0 Å². The summed E-state index contributed by atoms with van der Waals surface area (Å²) in [6.07, 6.45) is 11.7. The number of carboxylic acid groups (broad SMARTS) is 2. The second-order valence-electron chi connectivity index (χ2n) is 20.8. The number of fused-ring (bicyclic) bond motifs is 1. The highest BCUT2D eigenvalue weighted by atomic mass is 16.4. The molecule has 2 aromatic carbocycles. The maximum atomic E-state index is 13.5. The first kappa shape index (κ1) is 63.5. The van der Waals surface area contributed by atoms with Crippen LogP contribution in [0.15, 0.2) is 60.8 Å². The molecule has 7 amide bonds. The van der Waals surface area contributed by atoms with Crippen molar-refractivity contribution in [1.82, 2.24) is 36.9 Å². The van der Waals surface area contributed by atoms with Gasteiger partial charge in [-0.1, -0.05) is 140 Å². The maximum Gasteiger partial charge on any atom is 0.326 e. The van der Waals surface area contributed by atoms with E-state index in [2.05, 4.69) is 36.9 Å². The molecule has 1 unspecified atom stereocenters. The summed E-state index contributed by atoms with van der Waals surface area (Å²) in [5.41, 5.74) is 7.59. The zero-order chi connectivity index (χ0) is 56.2. The molecule has 0 saturated carbocycles. The van der Waals surface area contributed by atoms with Gasteiger partial charge in [-0.3, -0.25) is 33.6 Å². The number of aromatic nitrogens is 1. The van der Waals surface area contributed by atoms with Crippen LogP contribution in [0.25, 0.3) is 10.9 Å². The fraction of sp³-hybridized carbons (Fsp3) is 0.589. The van der Waals surface area contributed by atoms with Gasteiger partial charge >= 0.3 is 11.9 Å². The Labute approximate surface area is 446 Å². The highest BCUT2D eigenvalue weighted by Crippen LogP contribution is 2.20. The van der Waals surface area contributed by atoms with Gasteiger partial charge in [0.2, 0.25) is 41.4 Å². The van der Waals surface area contributed by atoms with Crippen molar-refractivity contribution < 1.29 is 58.5 Å². The molecule has 20 nitrogen and oxygen atoms in total. The van der Waals surface area contributed by atoms with Crippen LogP contribution in [0, 0.1) is 11.8 Å². The summed E-state index contributed by atoms with van der Waals surface area (Å²) in [5.74, 6) is -7.18. The molecule has 20 heteroatoms. The van der Waals surface area contributed by atoms with Crippen molar-refractivity contribution >= 4 is 64.2 Å². The van der Waals surface area contributed by atoms with Crippen molar-refractivity contribution in [2.45, 2.75) is 199 Å². The molecule has 0 saturated heterocycles. The summed E-state index contributed by atoms with van der Waals surface area (Å²) in [6.45, 7) is 8.84. The van der Waals surface area contributed by atoms with E-state index in [9.17, 15) is 58.5 Å². The molecular formula is C56H84N8O12. The van der Waals surface area contributed by atoms with E-state index in [0.717, 1.165) is 75.1 Å². The Morgan fingerprint density at radius 2 is 0.921 bits per heavy atom. The van der Waals surface area contributed by atoms with Crippen LogP contribution in [0.4, 0.5) is 0 Å². The minimum absolute atomic E-state index is 0.00723. The Morgan fingerprint density at radius 1 is 0.500 bits per heavy atom. The van der Waals surface area contributed by atoms with Gasteiger partial charge in [0.15, 0.2) is 0 Å². The molecule has 12 N–H and O–H groups in total. The number of hydrogen-bond donors (Lipinski definition) is 11. The molecule has 0 aliphatic carbocycles. The average molecular weight is 1060 g/mol. The summed E-state index contributed by atoms with van der Waals surface area (Å²) < 4.78 is 0. The highest BCUT2D eigenvalue weighted by molar-refractivity contribution is 5.96. The molecule has 3 aromatic rings. The zero-order valence-corrected chi connectivity index (χ0v) is 45.0. The van der Waals surface area contributed by atoms with Crippen molar-refractivity contribution in [2.24, 2.45) is 17.6 Å². The van der Waals surface area contributed by atoms with Crippen LogP contribution >= 0.6 is 0 Å². The summed E-state index contributed by atoms with van der Waals surface area (Å²) >= 11 is 0. The number of aliphatic hydroxyl groups excluding tert-OH is 1. The first-order valence-electron chi connectivity index (χ1n) is 27.0. The summed E-state index contributed by atoms with van der Waals surface area (Å²) in [4.78, 5) is 119. The van der Waals surface area contributed by atoms with E-state index in [-0.39, 0.29) is 56.3 Å². The van der Waals surface area contributed by atoms with E-state index < -0.39 is 96.2 Å². The fourth-order valence-corrected chi connectivity index (χ4v) is 8.92. The second-order valence-corrected chi connectivity index (χ2v) is 20.8. The Morgan fingerprint density at radius 3 is 1.41 bits per heavy atom. The Hall–Kier alpha value is -6.83. The molecule has 0 aliphatic heterocycles. The lowest BCUT2D eigenvalue weighted by Gasteiger charge is -2.26. The van der Waals surface area contributed by atoms with Crippen molar-refractivity contribution in [3.63, 3.8) is 0 Å². The standard InChI is InChI=1S/C56H84N8O12/c1-35(2)29-42(51(69)60-44(33-47(57)66)53(71)62-45(55(73)74)31-38-23-17-16-18-24-38)59-48(67)27-19-14-12-10-8-6-7-9-11-13-15-20-28-49(68)64-50(37(5)65)54(72)61-43(30-36(3)4)52(70)63-46(56(75)76)32-39-34-58-41-26-22-21-25-40(39)41/h16-18,21-26,34-37,42-46,50,58,65H,6-15,19-20,27-33H2,1-5H3,(H2,57,66)(H,59,67)(H,60,69)(H,61,72)(H,62,71)(H,63,70)(H,64,68)(H,73,74)(H,75,76)/t37?,42-,43-,44-,45-,46-,50-/m0/s1. The Kier molecular flexibility index (Phi) is 28.4. The monoisotopic (exact) mass is 1060 g/mol. The van der Waals surface area contributed by atoms with Crippen LogP contribution in [0.1, 0.15) is 155 Å². The van der Waals surface area contributed by atoms with Crippen LogP contribution in [0.3, 0.4) is 0 Å². The van der Waals surface area contributed by atoms with Crippen LogP contribution < -0.4 is 37.6 Å². The third-order valence-electron chi connectivity index (χ3n) is 13.0. The summed E-state index contributed by atoms with van der Waals surface area (Å²) in [6, 6.07) is 8.63. The molecule has 0 spiro atoms. The second kappa shape index (κ2) is 34.0. The van der Waals surface area contributed by atoms with Crippen LogP contribution in [-0.2, 0) is 56.0 Å². The molecule has 0 aliphatic rings. The first-order chi connectivity index (χ1) is 36.1. The van der Waals surface area contributed by atoms with Gasteiger partial charge in [0.05, 0.1) is 12.5 Å². The third kappa shape index (κ3) is 24.2. The highest BCUT2D eigenvalue weighted by Gasteiger charge is 2.34. The minimum Gasteiger partial charge on any atom is -0.480 e. The number of primary amides is 1. The molecule has 0 radical (unpaired) electrons. The molecular weight excluding hydrogens is 977 g/mol. The first-order valence-corrected chi connectivity index (χ1v) is 27.0. The lowest BCUT2D eigenvalue weighted by molar-refractivity contribution is -0.143. The normalized spacial score (nSPS) is 14.1. The lowest BCUT2D eigenvalue weighted by Crippen LogP contribution is -2.58. The molecule has 0 fully saturated rings. The van der Waals surface area contributed by atoms with Gasteiger partial charge in [-0.05, 0) is 61.6 Å². The predicted octanol–water partition coefficient (Wildman–Crippen LogP) is 4.84. The van der Waals surface area contributed by atoms with Crippen molar-refractivity contribution in [3.8, 4) is 0 Å². The molecule has 7 atom stereocenters. The number of hydrogen-bond acceptors (Lipinski definition) is 10. The number of aliphatic carboxylic acids is 2. The fourth-order valence-electron chi connectivity index (χ4n) is 8.92. The summed E-state index contributed by atoms with van der Waals surface area (Å²) in [5, 5.41) is 46.6. The average Bonchev–Trinajstić information content (AvgIpc) is 3.76. The van der Waals surface area contributed by atoms with Crippen molar-refractivity contribution in [3.05, 3.63) is 71.9 Å². The topological polar surface area (TPSA) is 328 Å². The number of H-pyrrole nitrogens is 1. The van der Waals surface area contributed by atoms with Gasteiger partial charge in [-0.25, -0.2) is 9.59 Å². The minimum atomic E-state index is -1.45. The van der Waals surface area contributed by atoms with Gasteiger partial charge in [0.25, 0.3) is 0 Å². The number of nitrogens with two attached hydrogens (primary N) is 1. The number of unbranched alkanes of at least 4 members (excludes halogenated alkanes) is 11. The van der Waals surface area contributed by atoms with Crippen molar-refractivity contribution in [1.29, 1.82) is 0 Å². The molecule has 3 rings (SSSR count). The zero-order valence-electron chi connectivity index (χ0n) is 45.0. The number of benzene rings is 2. The number of aliphatic hydroxyl groups is 1. The quantitative estimate of drug-likeness (QED) is 0.0344. The number of para-hydroxylation sites is 1. The number of carbonyl (C=O) groups excluding carboxylic acids is 7. The van der Waals surface area contributed by atoms with E-state index in [1.807, 2.05) is 52.0 Å². The SMILES string of the molecule is CC(C)C[C@H](NC(=O)CCCCCCCCCCCCCCC(=O)N[C@H](C(=O)N[C@@H](CC(C)C)C(=O)N[C@@H](Cc1c[nH]c2ccccc12)C(=O)O)C(C)O)C(=O)N[C@@H](CC(N)=O)C(=O)N[C@@H](Cc1ccccc1)C(=O)O. The summed E-state index contributed by atoms with van der Waals surface area (Å²) in [7, 11) is 0. The van der Waals surface area contributed by atoms with E-state index in [1.54, 1.807) is 36.5 Å². The molecule has 76 heavy (non-hydrogen) atoms. The molecule has 1 aromatic heterocycles. The van der Waals surface area contributed by atoms with Gasteiger partial charge in [0.1, 0.15) is 36.3 Å². The van der Waals surface area contributed by atoms with Gasteiger partial charge in [-0.2, -0.15) is 0 Å². The molecule has 0 bridgehead atoms. The van der Waals surface area contributed by atoms with E-state index >= 15 is 0 Å². The number of rotatable bonds is 38. The number of nitrogens with one attached hydrogen (secondary N) is 7. The predicted molar refractivity (Wildman–Crippen MR) is 288 cm³/mol. The van der Waals surface area contributed by atoms with E-state index in [1.165, 1.54) is 6.92 Å². The largest absolute Gasteiger partial charge is 0.480 e. The van der Waals surface area contributed by atoms with Crippen LogP contribution in [-0.4, -0.2) is 116 Å². The third-order valence-corrected chi connectivity index (χ3v) is 13.0. The number of aromatic amines is 1. The van der Waals surface area contributed by atoms with Gasteiger partial charge < -0.3 is 57.9 Å². The lowest BCUT2D eigenvalue weighted by atomic mass is 10.0. The Balaban J connectivity index is 1.30. The van der Waals surface area contributed by atoms with E-state index in [0.29, 0.717) is 24.0 Å². The Bertz CT molecular complexity index is 2340.